The van der Waals surface area contributed by atoms with Crippen LogP contribution in [0.3, 0.4) is 0 Å². The summed E-state index contributed by atoms with van der Waals surface area (Å²) in [6, 6.07) is 0. The molecule has 0 spiro atoms. The van der Waals surface area contributed by atoms with Gasteiger partial charge in [-0.05, 0) is 12.3 Å². The molecular formula is C8H16O6. The summed E-state index contributed by atoms with van der Waals surface area (Å²) < 4.78 is 0. The summed E-state index contributed by atoms with van der Waals surface area (Å²) in [4.78, 5) is 13.8. The van der Waals surface area contributed by atoms with Crippen LogP contribution in [0.2, 0.25) is 0 Å². The van der Waals surface area contributed by atoms with E-state index in [1.165, 1.54) is 7.11 Å². The van der Waals surface area contributed by atoms with Crippen molar-refractivity contribution in [1.29, 1.82) is 0 Å². The van der Waals surface area contributed by atoms with E-state index in [1.54, 1.807) is 0 Å². The Morgan fingerprint density at radius 2 is 2.14 bits per heavy atom. The number of rotatable bonds is 5. The van der Waals surface area contributed by atoms with Gasteiger partial charge in [0.1, 0.15) is 6.10 Å². The van der Waals surface area contributed by atoms with Gasteiger partial charge in [0, 0.05) is 5.92 Å². The summed E-state index contributed by atoms with van der Waals surface area (Å²) in [5, 5.41) is 21.5. The molecule has 14 heavy (non-hydrogen) atoms. The van der Waals surface area contributed by atoms with Crippen molar-refractivity contribution >= 4 is 0 Å². The lowest BCUT2D eigenvalue weighted by atomic mass is 10.0. The van der Waals surface area contributed by atoms with Gasteiger partial charge in [0.15, 0.2) is 0 Å². The molecule has 1 saturated carbocycles. The molecule has 0 amide bonds. The topological polar surface area (TPSA) is 77.4 Å². The monoisotopic (exact) mass is 208 g/mol. The molecule has 1 rings (SSSR count). The minimum Gasteiger partial charge on any atom is -0.392 e. The first-order valence-corrected chi connectivity index (χ1v) is 4.51. The van der Waals surface area contributed by atoms with Crippen molar-refractivity contribution in [2.24, 2.45) is 11.8 Å². The van der Waals surface area contributed by atoms with Crippen molar-refractivity contribution in [2.45, 2.75) is 25.6 Å². The fraction of sp³-hybridized carbons (Fsp3) is 1.00. The Labute approximate surface area is 82.1 Å². The third kappa shape index (κ3) is 2.63. The van der Waals surface area contributed by atoms with E-state index >= 15 is 0 Å². The minimum absolute atomic E-state index is 0.0839. The molecule has 1 fully saturated rings. The Balaban J connectivity index is 2.47. The van der Waals surface area contributed by atoms with Crippen molar-refractivity contribution in [2.75, 3.05) is 13.7 Å². The first-order valence-electron chi connectivity index (χ1n) is 4.51. The van der Waals surface area contributed by atoms with Gasteiger partial charge in [0.25, 0.3) is 0 Å². The van der Waals surface area contributed by atoms with E-state index in [0.717, 1.165) is 0 Å². The van der Waals surface area contributed by atoms with Crippen LogP contribution in [0.15, 0.2) is 0 Å². The van der Waals surface area contributed by atoms with E-state index in [1.807, 2.05) is 6.92 Å². The molecule has 4 unspecified atom stereocenters. The molecule has 0 radical (unpaired) electrons. The van der Waals surface area contributed by atoms with Crippen LogP contribution in [0.25, 0.3) is 0 Å². The zero-order valence-electron chi connectivity index (χ0n) is 8.25. The molecule has 0 aromatic heterocycles. The van der Waals surface area contributed by atoms with Gasteiger partial charge in [-0.25, -0.2) is 19.9 Å². The predicted octanol–water partition coefficient (Wildman–Crippen LogP) is 0.371. The Hall–Kier alpha value is -0.240. The average Bonchev–Trinajstić information content (AvgIpc) is 2.42. The maximum atomic E-state index is 9.73. The molecule has 0 saturated heterocycles. The quantitative estimate of drug-likeness (QED) is 0.502. The standard InChI is InChI=1S/C8H16O6/c1-5-3-7(13-14-10)6(8(5)9)4-12-11-2/h5-10H,3-4H2,1-2H3. The van der Waals surface area contributed by atoms with Crippen LogP contribution in [-0.2, 0) is 19.7 Å². The number of hydrogen-bond acceptors (Lipinski definition) is 6. The Morgan fingerprint density at radius 1 is 1.43 bits per heavy atom. The maximum absolute atomic E-state index is 9.73. The Bertz CT molecular complexity index is 164. The SMILES string of the molecule is COOCC1C(OOO)CC(C)C1O. The first kappa shape index (κ1) is 11.8. The Morgan fingerprint density at radius 3 is 2.71 bits per heavy atom. The number of aliphatic hydroxyl groups is 1. The summed E-state index contributed by atoms with van der Waals surface area (Å²) in [5.41, 5.74) is 0. The second kappa shape index (κ2) is 5.59. The first-order chi connectivity index (χ1) is 6.70. The highest BCUT2D eigenvalue weighted by molar-refractivity contribution is 4.89. The lowest BCUT2D eigenvalue weighted by molar-refractivity contribution is -0.510. The van der Waals surface area contributed by atoms with Crippen LogP contribution < -0.4 is 0 Å². The van der Waals surface area contributed by atoms with Crippen molar-refractivity contribution < 1.29 is 30.1 Å². The van der Waals surface area contributed by atoms with Crippen LogP contribution in [0.1, 0.15) is 13.3 Å². The third-order valence-corrected chi connectivity index (χ3v) is 2.65. The van der Waals surface area contributed by atoms with Gasteiger partial charge in [-0.1, -0.05) is 12.0 Å². The summed E-state index contributed by atoms with van der Waals surface area (Å²) in [6.07, 6.45) is -0.301. The van der Waals surface area contributed by atoms with Crippen LogP contribution >= 0.6 is 0 Å². The van der Waals surface area contributed by atoms with E-state index in [4.69, 9.17) is 10.1 Å². The molecule has 1 aliphatic rings. The summed E-state index contributed by atoms with van der Waals surface area (Å²) in [7, 11) is 1.39. The summed E-state index contributed by atoms with van der Waals surface area (Å²) in [6.45, 7) is 2.10. The second-order valence-corrected chi connectivity index (χ2v) is 3.53. The van der Waals surface area contributed by atoms with Crippen molar-refractivity contribution in [3.05, 3.63) is 0 Å². The van der Waals surface area contributed by atoms with Crippen molar-refractivity contribution in [3.8, 4) is 0 Å². The molecule has 1 aliphatic carbocycles. The zero-order valence-corrected chi connectivity index (χ0v) is 8.25. The normalized spacial score (nSPS) is 37.7. The second-order valence-electron chi connectivity index (χ2n) is 3.53. The van der Waals surface area contributed by atoms with Gasteiger partial charge in [0.2, 0.25) is 0 Å². The lowest BCUT2D eigenvalue weighted by Gasteiger charge is -2.19. The largest absolute Gasteiger partial charge is 0.392 e. The van der Waals surface area contributed by atoms with Gasteiger partial charge in [0.05, 0.1) is 19.8 Å². The highest BCUT2D eigenvalue weighted by atomic mass is 17.5. The van der Waals surface area contributed by atoms with Gasteiger partial charge in [-0.15, -0.1) is 0 Å². The van der Waals surface area contributed by atoms with Gasteiger partial charge in [-0.3, -0.25) is 0 Å². The van der Waals surface area contributed by atoms with Crippen LogP contribution in [0, 0.1) is 11.8 Å². The molecular weight excluding hydrogens is 192 g/mol. The van der Waals surface area contributed by atoms with Crippen molar-refractivity contribution in [1.82, 2.24) is 0 Å². The van der Waals surface area contributed by atoms with Gasteiger partial charge >= 0.3 is 0 Å². The molecule has 6 nitrogen and oxygen atoms in total. The molecule has 2 N–H and O–H groups in total. The van der Waals surface area contributed by atoms with Gasteiger partial charge in [-0.2, -0.15) is 0 Å². The average molecular weight is 208 g/mol. The molecule has 6 heteroatoms. The van der Waals surface area contributed by atoms with E-state index in [0.29, 0.717) is 6.42 Å². The molecule has 0 aromatic carbocycles. The highest BCUT2D eigenvalue weighted by Gasteiger charge is 2.42. The van der Waals surface area contributed by atoms with E-state index in [2.05, 4.69) is 14.8 Å². The molecule has 0 aromatic rings. The molecule has 84 valence electrons. The molecule has 4 atom stereocenters. The minimum atomic E-state index is -0.537. The Kier molecular flexibility index (Phi) is 4.73. The van der Waals surface area contributed by atoms with E-state index in [-0.39, 0.29) is 24.5 Å². The summed E-state index contributed by atoms with van der Waals surface area (Å²) in [5.74, 6) is -0.169. The number of aliphatic hydroxyl groups excluding tert-OH is 1. The van der Waals surface area contributed by atoms with Crippen LogP contribution in [-0.4, -0.2) is 36.3 Å². The van der Waals surface area contributed by atoms with Crippen LogP contribution in [0.5, 0.6) is 0 Å². The van der Waals surface area contributed by atoms with Crippen LogP contribution in [0.4, 0.5) is 0 Å². The lowest BCUT2D eigenvalue weighted by Crippen LogP contribution is -2.30. The molecule has 0 heterocycles. The predicted molar refractivity (Wildman–Crippen MR) is 44.8 cm³/mol. The smallest absolute Gasteiger partial charge is 0.104 e. The third-order valence-electron chi connectivity index (χ3n) is 2.65. The van der Waals surface area contributed by atoms with Crippen molar-refractivity contribution in [3.63, 3.8) is 0 Å². The highest BCUT2D eigenvalue weighted by Crippen LogP contribution is 2.33. The zero-order chi connectivity index (χ0) is 10.6. The summed E-state index contributed by atoms with van der Waals surface area (Å²) >= 11 is 0. The molecule has 0 bridgehead atoms. The van der Waals surface area contributed by atoms with Gasteiger partial charge < -0.3 is 5.11 Å². The number of hydrogen-bond donors (Lipinski definition) is 2. The van der Waals surface area contributed by atoms with E-state index < -0.39 is 6.10 Å². The fourth-order valence-corrected chi connectivity index (χ4v) is 1.84. The maximum Gasteiger partial charge on any atom is 0.104 e. The van der Waals surface area contributed by atoms with E-state index in [9.17, 15) is 5.11 Å². The fourth-order valence-electron chi connectivity index (χ4n) is 1.84. The molecule has 0 aliphatic heterocycles.